The van der Waals surface area contributed by atoms with E-state index in [1.54, 1.807) is 0 Å². The lowest BCUT2D eigenvalue weighted by atomic mass is 10.2. The van der Waals surface area contributed by atoms with E-state index in [0.29, 0.717) is 0 Å². The fraction of sp³-hybridized carbons (Fsp3) is 1.00. The van der Waals surface area contributed by atoms with Gasteiger partial charge in [0.05, 0.1) is 13.2 Å². The maximum atomic E-state index is 11.7. The van der Waals surface area contributed by atoms with Gasteiger partial charge in [-0.25, -0.2) is 0 Å². The molecule has 78 valence electrons. The van der Waals surface area contributed by atoms with Crippen molar-refractivity contribution in [1.82, 2.24) is 0 Å². The van der Waals surface area contributed by atoms with Gasteiger partial charge in [0, 0.05) is 0 Å². The lowest BCUT2D eigenvalue weighted by molar-refractivity contribution is -0.0552. The highest BCUT2D eigenvalue weighted by Gasteiger charge is 2.50. The Morgan fingerprint density at radius 2 is 2.00 bits per heavy atom. The van der Waals surface area contributed by atoms with Crippen LogP contribution in [0.5, 0.6) is 0 Å². The molecule has 1 aliphatic heterocycles. The van der Waals surface area contributed by atoms with Crippen LogP contribution in [0, 0.1) is 0 Å². The Hall–Kier alpha value is -0.340. The molecule has 0 saturated carbocycles. The molecule has 0 aromatic carbocycles. The van der Waals surface area contributed by atoms with Crippen LogP contribution in [0.4, 0.5) is 13.2 Å². The van der Waals surface area contributed by atoms with Gasteiger partial charge in [-0.3, -0.25) is 4.18 Å². The Kier molecular flexibility index (Phi) is 2.33. The van der Waals surface area contributed by atoms with Gasteiger partial charge < -0.3 is 4.74 Å². The standard InChI is InChI=1S/C5H7F3O4S/c1-4(2-11-4)3-12-13(9,10)5(6,7)8/h2-3H2,1H3. The molecule has 0 radical (unpaired) electrons. The Morgan fingerprint density at radius 1 is 1.54 bits per heavy atom. The molecule has 0 bridgehead atoms. The first kappa shape index (κ1) is 10.7. The third-order valence-corrected chi connectivity index (χ3v) is 2.44. The van der Waals surface area contributed by atoms with Crippen LogP contribution >= 0.6 is 0 Å². The molecule has 1 unspecified atom stereocenters. The van der Waals surface area contributed by atoms with Crippen LogP contribution in [0.25, 0.3) is 0 Å². The highest BCUT2D eigenvalue weighted by molar-refractivity contribution is 7.87. The number of rotatable bonds is 3. The van der Waals surface area contributed by atoms with Crippen LogP contribution in [-0.2, 0) is 19.0 Å². The van der Waals surface area contributed by atoms with Gasteiger partial charge in [0.25, 0.3) is 0 Å². The quantitative estimate of drug-likeness (QED) is 0.398. The molecule has 1 saturated heterocycles. The lowest BCUT2D eigenvalue weighted by Crippen LogP contribution is -2.29. The SMILES string of the molecule is CC1(COS(=O)(=O)C(F)(F)F)CO1. The maximum absolute atomic E-state index is 11.7. The number of alkyl halides is 3. The zero-order valence-electron chi connectivity index (χ0n) is 6.59. The molecule has 0 spiro atoms. The Bertz CT molecular complexity index is 289. The van der Waals surface area contributed by atoms with E-state index in [4.69, 9.17) is 0 Å². The topological polar surface area (TPSA) is 55.9 Å². The lowest BCUT2D eigenvalue weighted by Gasteiger charge is -2.09. The summed E-state index contributed by atoms with van der Waals surface area (Å²) in [4.78, 5) is 0. The van der Waals surface area contributed by atoms with Gasteiger partial charge in [-0.15, -0.1) is 0 Å². The van der Waals surface area contributed by atoms with Gasteiger partial charge in [0.2, 0.25) is 0 Å². The van der Waals surface area contributed by atoms with Crippen LogP contribution < -0.4 is 0 Å². The molecule has 4 nitrogen and oxygen atoms in total. The molecule has 1 aliphatic rings. The average Bonchev–Trinajstić information content (AvgIpc) is 2.63. The second-order valence-electron chi connectivity index (χ2n) is 2.90. The van der Waals surface area contributed by atoms with E-state index >= 15 is 0 Å². The van der Waals surface area contributed by atoms with Crippen molar-refractivity contribution in [2.24, 2.45) is 0 Å². The number of epoxide rings is 1. The van der Waals surface area contributed by atoms with Crippen LogP contribution in [0.15, 0.2) is 0 Å². The second-order valence-corrected chi connectivity index (χ2v) is 4.51. The van der Waals surface area contributed by atoms with Crippen molar-refractivity contribution in [1.29, 1.82) is 0 Å². The molecule has 8 heteroatoms. The van der Waals surface area contributed by atoms with Crippen molar-refractivity contribution in [3.63, 3.8) is 0 Å². The number of halogens is 3. The summed E-state index contributed by atoms with van der Waals surface area (Å²) in [7, 11) is -5.47. The van der Waals surface area contributed by atoms with Crippen molar-refractivity contribution in [2.75, 3.05) is 13.2 Å². The zero-order chi connectivity index (χ0) is 10.3. The summed E-state index contributed by atoms with van der Waals surface area (Å²) < 4.78 is 64.1. The molecule has 1 heterocycles. The molecule has 1 rings (SSSR count). The minimum atomic E-state index is -5.47. The third-order valence-electron chi connectivity index (χ3n) is 1.44. The van der Waals surface area contributed by atoms with E-state index in [-0.39, 0.29) is 6.61 Å². The van der Waals surface area contributed by atoms with Gasteiger partial charge in [-0.05, 0) is 6.92 Å². The van der Waals surface area contributed by atoms with Crippen molar-refractivity contribution in [3.8, 4) is 0 Å². The maximum Gasteiger partial charge on any atom is 0.523 e. The van der Waals surface area contributed by atoms with Gasteiger partial charge in [0.15, 0.2) is 0 Å². The second kappa shape index (κ2) is 2.82. The first-order valence-electron chi connectivity index (χ1n) is 3.26. The highest BCUT2D eigenvalue weighted by atomic mass is 32.2. The van der Waals surface area contributed by atoms with Gasteiger partial charge >= 0.3 is 15.6 Å². The van der Waals surface area contributed by atoms with E-state index in [1.807, 2.05) is 0 Å². The zero-order valence-corrected chi connectivity index (χ0v) is 7.41. The summed E-state index contributed by atoms with van der Waals surface area (Å²) in [5.41, 5.74) is -6.24. The van der Waals surface area contributed by atoms with E-state index in [0.717, 1.165) is 0 Å². The molecule has 1 atom stereocenters. The predicted octanol–water partition coefficient (Wildman–Crippen LogP) is 0.642. The summed E-state index contributed by atoms with van der Waals surface area (Å²) >= 11 is 0. The molecule has 0 amide bonds. The van der Waals surface area contributed by atoms with Crippen LogP contribution in [0.3, 0.4) is 0 Å². The van der Waals surface area contributed by atoms with Gasteiger partial charge in [0.1, 0.15) is 5.60 Å². The average molecular weight is 220 g/mol. The Morgan fingerprint density at radius 3 is 2.31 bits per heavy atom. The molecule has 0 N–H and O–H groups in total. The van der Waals surface area contributed by atoms with Gasteiger partial charge in [-0.2, -0.15) is 21.6 Å². The third kappa shape index (κ3) is 2.55. The van der Waals surface area contributed by atoms with Crippen molar-refractivity contribution in [2.45, 2.75) is 18.0 Å². The molecule has 0 aromatic heterocycles. The summed E-state index contributed by atoms with van der Waals surface area (Å²) in [5, 5.41) is 0. The van der Waals surface area contributed by atoms with Crippen LogP contribution in [0.2, 0.25) is 0 Å². The Labute approximate surface area is 72.8 Å². The minimum Gasteiger partial charge on any atom is -0.367 e. The number of ether oxygens (including phenoxy) is 1. The summed E-state index contributed by atoms with van der Waals surface area (Å²) in [5.74, 6) is 0. The van der Waals surface area contributed by atoms with Crippen molar-refractivity contribution in [3.05, 3.63) is 0 Å². The summed E-state index contributed by atoms with van der Waals surface area (Å²) in [6, 6.07) is 0. The smallest absolute Gasteiger partial charge is 0.367 e. The minimum absolute atomic E-state index is 0.209. The molecular weight excluding hydrogens is 213 g/mol. The fourth-order valence-electron chi connectivity index (χ4n) is 0.476. The Balaban J connectivity index is 2.53. The fourth-order valence-corrected chi connectivity index (χ4v) is 1.01. The van der Waals surface area contributed by atoms with E-state index in [1.165, 1.54) is 6.92 Å². The van der Waals surface area contributed by atoms with E-state index < -0.39 is 27.8 Å². The first-order valence-corrected chi connectivity index (χ1v) is 4.67. The highest BCUT2D eigenvalue weighted by Crippen LogP contribution is 2.30. The largest absolute Gasteiger partial charge is 0.523 e. The molecule has 0 aliphatic carbocycles. The normalized spacial score (nSPS) is 28.9. The molecule has 13 heavy (non-hydrogen) atoms. The predicted molar refractivity (Wildman–Crippen MR) is 35.3 cm³/mol. The van der Waals surface area contributed by atoms with E-state index in [2.05, 4.69) is 8.92 Å². The van der Waals surface area contributed by atoms with Crippen molar-refractivity contribution >= 4 is 10.1 Å². The molecular formula is C5H7F3O4S. The summed E-state index contributed by atoms with van der Waals surface area (Å²) in [6.07, 6.45) is 0. The first-order chi connectivity index (χ1) is 5.66. The number of hydrogen-bond donors (Lipinski definition) is 0. The summed E-state index contributed by atoms with van der Waals surface area (Å²) in [6.45, 7) is 1.06. The van der Waals surface area contributed by atoms with E-state index in [9.17, 15) is 21.6 Å². The van der Waals surface area contributed by atoms with Crippen LogP contribution in [-0.4, -0.2) is 32.7 Å². The van der Waals surface area contributed by atoms with Crippen LogP contribution in [0.1, 0.15) is 6.92 Å². The molecule has 1 fully saturated rings. The monoisotopic (exact) mass is 220 g/mol. The van der Waals surface area contributed by atoms with Gasteiger partial charge in [-0.1, -0.05) is 0 Å². The van der Waals surface area contributed by atoms with Crippen molar-refractivity contribution < 1.29 is 30.5 Å². The molecule has 0 aromatic rings. The number of hydrogen-bond acceptors (Lipinski definition) is 4.